The van der Waals surface area contributed by atoms with Crippen molar-refractivity contribution in [3.8, 4) is 0 Å². The average Bonchev–Trinajstić information content (AvgIpc) is 2.39. The van der Waals surface area contributed by atoms with Crippen LogP contribution in [0.1, 0.15) is 30.9 Å². The molecule has 1 unspecified atom stereocenters. The number of aliphatic hydroxyl groups is 1. The first-order valence-corrected chi connectivity index (χ1v) is 6.80. The second-order valence-corrected chi connectivity index (χ2v) is 5.71. The van der Waals surface area contributed by atoms with E-state index in [0.717, 1.165) is 43.6 Å². The zero-order valence-corrected chi connectivity index (χ0v) is 11.7. The molecule has 0 radical (unpaired) electrons. The van der Waals surface area contributed by atoms with E-state index in [4.69, 9.17) is 0 Å². The molecule has 5 heteroatoms. The summed E-state index contributed by atoms with van der Waals surface area (Å²) in [6.07, 6.45) is -3.38. The molecule has 1 N–H and O–H groups in total. The zero-order valence-electron chi connectivity index (χ0n) is 11.7. The van der Waals surface area contributed by atoms with Gasteiger partial charge in [-0.3, -0.25) is 0 Å². The second kappa shape index (κ2) is 5.37. The quantitative estimate of drug-likeness (QED) is 0.903. The first kappa shape index (κ1) is 15.3. The smallest absolute Gasteiger partial charge is 0.392 e. The van der Waals surface area contributed by atoms with Crippen LogP contribution >= 0.6 is 0 Å². The number of nitrogens with zero attached hydrogens (tertiary/aromatic N) is 1. The third-order valence-corrected chi connectivity index (χ3v) is 4.47. The fourth-order valence-corrected chi connectivity index (χ4v) is 2.96. The predicted octanol–water partition coefficient (Wildman–Crippen LogP) is 3.05. The summed E-state index contributed by atoms with van der Waals surface area (Å²) in [5.74, 6) is 0. The fraction of sp³-hybridized carbons (Fsp3) is 0.600. The highest BCUT2D eigenvalue weighted by molar-refractivity contribution is 5.32. The second-order valence-electron chi connectivity index (χ2n) is 5.71. The van der Waals surface area contributed by atoms with Crippen LogP contribution in [-0.2, 0) is 11.6 Å². The molecule has 0 saturated carbocycles. The number of rotatable bonds is 2. The minimum Gasteiger partial charge on any atom is -0.392 e. The van der Waals surface area contributed by atoms with Gasteiger partial charge >= 0.3 is 6.18 Å². The molecule has 1 aliphatic rings. The van der Waals surface area contributed by atoms with Gasteiger partial charge in [0.1, 0.15) is 0 Å². The van der Waals surface area contributed by atoms with Crippen LogP contribution in [0.3, 0.4) is 0 Å². The van der Waals surface area contributed by atoms with Gasteiger partial charge in [0.15, 0.2) is 0 Å². The van der Waals surface area contributed by atoms with Crippen LogP contribution in [0.15, 0.2) is 24.3 Å². The third-order valence-electron chi connectivity index (χ3n) is 4.47. The van der Waals surface area contributed by atoms with Gasteiger partial charge in [-0.25, -0.2) is 0 Å². The van der Waals surface area contributed by atoms with Crippen LogP contribution in [0.2, 0.25) is 0 Å². The Bertz CT molecular complexity index is 445. The van der Waals surface area contributed by atoms with Gasteiger partial charge in [-0.1, -0.05) is 12.1 Å². The lowest BCUT2D eigenvalue weighted by atomic mass is 9.69. The normalized spacial score (nSPS) is 21.7. The number of likely N-dealkylation sites (tertiary alicyclic amines) is 1. The standard InChI is InChI=1S/C15H20F3NO/c1-11(20)14(7-9-19(2)10-8-14)12-3-5-13(6-4-12)15(16,17)18/h3-6,11,20H,7-10H2,1-2H3. The highest BCUT2D eigenvalue weighted by Crippen LogP contribution is 2.39. The van der Waals surface area contributed by atoms with E-state index in [0.29, 0.717) is 0 Å². The maximum Gasteiger partial charge on any atom is 0.416 e. The van der Waals surface area contributed by atoms with E-state index in [1.807, 2.05) is 7.05 Å². The molecule has 0 amide bonds. The molecule has 0 bridgehead atoms. The molecule has 20 heavy (non-hydrogen) atoms. The Morgan fingerprint density at radius 3 is 2.05 bits per heavy atom. The van der Waals surface area contributed by atoms with Gasteiger partial charge in [-0.15, -0.1) is 0 Å². The van der Waals surface area contributed by atoms with Gasteiger partial charge in [0, 0.05) is 5.41 Å². The van der Waals surface area contributed by atoms with E-state index in [9.17, 15) is 18.3 Å². The summed E-state index contributed by atoms with van der Waals surface area (Å²) < 4.78 is 37.8. The first-order valence-electron chi connectivity index (χ1n) is 6.80. The van der Waals surface area contributed by atoms with Crippen molar-refractivity contribution >= 4 is 0 Å². The topological polar surface area (TPSA) is 23.5 Å². The Labute approximate surface area is 117 Å². The Hall–Kier alpha value is -1.07. The van der Waals surface area contributed by atoms with E-state index in [1.165, 1.54) is 12.1 Å². The minimum absolute atomic E-state index is 0.434. The Kier molecular flexibility index (Phi) is 4.12. The van der Waals surface area contributed by atoms with Crippen molar-refractivity contribution < 1.29 is 18.3 Å². The van der Waals surface area contributed by atoms with Crippen LogP contribution in [-0.4, -0.2) is 36.2 Å². The van der Waals surface area contributed by atoms with Crippen molar-refractivity contribution in [1.29, 1.82) is 0 Å². The fourth-order valence-electron chi connectivity index (χ4n) is 2.96. The van der Waals surface area contributed by atoms with E-state index < -0.39 is 23.3 Å². The van der Waals surface area contributed by atoms with Crippen molar-refractivity contribution in [3.63, 3.8) is 0 Å². The molecule has 2 rings (SSSR count). The SMILES string of the molecule is CC(O)C1(c2ccc(C(F)(F)F)cc2)CCN(C)CC1. The molecule has 2 nitrogen and oxygen atoms in total. The number of alkyl halides is 3. The summed E-state index contributed by atoms with van der Waals surface area (Å²) in [4.78, 5) is 2.17. The van der Waals surface area contributed by atoms with E-state index in [-0.39, 0.29) is 0 Å². The summed E-state index contributed by atoms with van der Waals surface area (Å²) >= 11 is 0. The molecule has 1 aromatic carbocycles. The lowest BCUT2D eigenvalue weighted by Gasteiger charge is -2.43. The van der Waals surface area contributed by atoms with Crippen molar-refractivity contribution in [2.75, 3.05) is 20.1 Å². The molecule has 1 saturated heterocycles. The van der Waals surface area contributed by atoms with Gasteiger partial charge in [0.2, 0.25) is 0 Å². The van der Waals surface area contributed by atoms with Gasteiger partial charge < -0.3 is 10.0 Å². The van der Waals surface area contributed by atoms with Crippen LogP contribution < -0.4 is 0 Å². The molecular weight excluding hydrogens is 267 g/mol. The van der Waals surface area contributed by atoms with E-state index in [1.54, 1.807) is 6.92 Å². The number of aliphatic hydroxyl groups excluding tert-OH is 1. The molecule has 1 atom stereocenters. The average molecular weight is 287 g/mol. The molecule has 1 aliphatic heterocycles. The molecule has 0 spiro atoms. The highest BCUT2D eigenvalue weighted by atomic mass is 19.4. The number of piperidine rings is 1. The van der Waals surface area contributed by atoms with Gasteiger partial charge in [0.05, 0.1) is 11.7 Å². The van der Waals surface area contributed by atoms with Crippen LogP contribution in [0, 0.1) is 0 Å². The summed E-state index contributed by atoms with van der Waals surface area (Å²) in [6, 6.07) is 5.25. The van der Waals surface area contributed by atoms with Gasteiger partial charge in [-0.2, -0.15) is 13.2 Å². The number of hydrogen-bond acceptors (Lipinski definition) is 2. The summed E-state index contributed by atoms with van der Waals surface area (Å²) in [6.45, 7) is 3.40. The monoisotopic (exact) mass is 287 g/mol. The molecule has 1 heterocycles. The molecule has 1 aromatic rings. The van der Waals surface area contributed by atoms with Crippen molar-refractivity contribution in [3.05, 3.63) is 35.4 Å². The van der Waals surface area contributed by atoms with Crippen molar-refractivity contribution in [2.45, 2.75) is 37.5 Å². The Morgan fingerprint density at radius 1 is 1.15 bits per heavy atom. The van der Waals surface area contributed by atoms with Gasteiger partial charge in [-0.05, 0) is 57.6 Å². The van der Waals surface area contributed by atoms with E-state index in [2.05, 4.69) is 4.90 Å². The lowest BCUT2D eigenvalue weighted by molar-refractivity contribution is -0.137. The van der Waals surface area contributed by atoms with Crippen LogP contribution in [0.4, 0.5) is 13.2 Å². The van der Waals surface area contributed by atoms with Crippen molar-refractivity contribution in [2.24, 2.45) is 0 Å². The van der Waals surface area contributed by atoms with Crippen molar-refractivity contribution in [1.82, 2.24) is 4.90 Å². The first-order chi connectivity index (χ1) is 9.25. The summed E-state index contributed by atoms with van der Waals surface area (Å²) in [5.41, 5.74) is -0.278. The number of benzene rings is 1. The number of halogens is 3. The molecule has 0 aliphatic carbocycles. The van der Waals surface area contributed by atoms with Crippen LogP contribution in [0.25, 0.3) is 0 Å². The Balaban J connectivity index is 2.31. The third kappa shape index (κ3) is 2.83. The summed E-state index contributed by atoms with van der Waals surface area (Å²) in [7, 11) is 2.01. The molecule has 1 fully saturated rings. The minimum atomic E-state index is -4.32. The summed E-state index contributed by atoms with van der Waals surface area (Å²) in [5, 5.41) is 10.2. The maximum atomic E-state index is 12.6. The molecular formula is C15H20F3NO. The van der Waals surface area contributed by atoms with E-state index >= 15 is 0 Å². The molecule has 0 aromatic heterocycles. The largest absolute Gasteiger partial charge is 0.416 e. The maximum absolute atomic E-state index is 12.6. The lowest BCUT2D eigenvalue weighted by Crippen LogP contribution is -2.47. The van der Waals surface area contributed by atoms with Crippen LogP contribution in [0.5, 0.6) is 0 Å². The number of hydrogen-bond donors (Lipinski definition) is 1. The van der Waals surface area contributed by atoms with Gasteiger partial charge in [0.25, 0.3) is 0 Å². The predicted molar refractivity (Wildman–Crippen MR) is 71.5 cm³/mol. The highest BCUT2D eigenvalue weighted by Gasteiger charge is 2.40. The molecule has 112 valence electrons. The Morgan fingerprint density at radius 2 is 1.65 bits per heavy atom. The zero-order chi connectivity index (χ0) is 15.0.